The van der Waals surface area contributed by atoms with Crippen LogP contribution in [0.5, 0.6) is 5.75 Å². The van der Waals surface area contributed by atoms with Gasteiger partial charge in [-0.1, -0.05) is 6.08 Å². The first-order valence-corrected chi connectivity index (χ1v) is 7.54. The lowest BCUT2D eigenvalue weighted by atomic mass is 9.82. The first kappa shape index (κ1) is 13.4. The van der Waals surface area contributed by atoms with E-state index in [0.29, 0.717) is 0 Å². The Morgan fingerprint density at radius 3 is 2.73 bits per heavy atom. The number of methoxy groups -OCH3 is 2. The minimum Gasteiger partial charge on any atom is -0.497 e. The smallest absolute Gasteiger partial charge is 0.173 e. The molecule has 0 saturated carbocycles. The lowest BCUT2D eigenvalue weighted by molar-refractivity contribution is 0.0880. The Kier molecular flexibility index (Phi) is 2.80. The predicted molar refractivity (Wildman–Crippen MR) is 84.0 cm³/mol. The number of ketones is 1. The Labute approximate surface area is 129 Å². The van der Waals surface area contributed by atoms with Gasteiger partial charge in [-0.2, -0.15) is 0 Å². The van der Waals surface area contributed by atoms with Crippen LogP contribution in [-0.4, -0.2) is 20.0 Å². The molecule has 1 aromatic carbocycles. The molecule has 3 nitrogen and oxygen atoms in total. The van der Waals surface area contributed by atoms with E-state index >= 15 is 0 Å². The number of hydrogen-bond donors (Lipinski definition) is 0. The molecule has 4 rings (SSSR count). The third-order valence-corrected chi connectivity index (χ3v) is 4.96. The maximum absolute atomic E-state index is 13.0. The summed E-state index contributed by atoms with van der Waals surface area (Å²) in [6.07, 6.45) is 8.73. The van der Waals surface area contributed by atoms with Crippen molar-refractivity contribution in [2.75, 3.05) is 14.2 Å². The van der Waals surface area contributed by atoms with Crippen LogP contribution in [0.1, 0.15) is 28.8 Å². The van der Waals surface area contributed by atoms with Gasteiger partial charge in [0.15, 0.2) is 5.78 Å². The molecule has 0 saturated heterocycles. The molecule has 0 radical (unpaired) electrons. The van der Waals surface area contributed by atoms with Crippen LogP contribution >= 0.6 is 0 Å². The lowest BCUT2D eigenvalue weighted by Gasteiger charge is -2.18. The maximum atomic E-state index is 13.0. The normalized spacial score (nSPS) is 25.4. The number of allylic oxidation sites excluding steroid dienone is 5. The van der Waals surface area contributed by atoms with E-state index < -0.39 is 5.41 Å². The number of Topliss-reactive ketones (excluding diaryl/α,β-unsaturated/α-hetero) is 1. The van der Waals surface area contributed by atoms with Gasteiger partial charge in [-0.25, -0.2) is 0 Å². The SMILES string of the molecule is COC1=CCC2=CC3(CC2=C1)Cc1cc(OC)ccc1C3=O. The molecule has 3 aliphatic carbocycles. The molecule has 3 heteroatoms. The molecule has 0 N–H and O–H groups in total. The minimum atomic E-state index is -0.396. The van der Waals surface area contributed by atoms with Crippen molar-refractivity contribution in [3.63, 3.8) is 0 Å². The van der Waals surface area contributed by atoms with E-state index in [1.165, 1.54) is 11.1 Å². The van der Waals surface area contributed by atoms with Gasteiger partial charge in [-0.05, 0) is 66.3 Å². The van der Waals surface area contributed by atoms with Crippen molar-refractivity contribution >= 4 is 5.78 Å². The summed E-state index contributed by atoms with van der Waals surface area (Å²) < 4.78 is 10.6. The van der Waals surface area contributed by atoms with Gasteiger partial charge in [-0.3, -0.25) is 4.79 Å². The maximum Gasteiger partial charge on any atom is 0.173 e. The molecular formula is C19H18O3. The Morgan fingerprint density at radius 1 is 1.09 bits per heavy atom. The Balaban J connectivity index is 1.72. The molecule has 0 heterocycles. The Morgan fingerprint density at radius 2 is 1.95 bits per heavy atom. The summed E-state index contributed by atoms with van der Waals surface area (Å²) in [6.45, 7) is 0. The number of carbonyl (C=O) groups excluding carboxylic acids is 1. The highest BCUT2D eigenvalue weighted by Crippen LogP contribution is 2.51. The molecule has 0 fully saturated rings. The molecule has 22 heavy (non-hydrogen) atoms. The highest BCUT2D eigenvalue weighted by Gasteiger charge is 2.48. The van der Waals surface area contributed by atoms with Gasteiger partial charge in [0.05, 0.1) is 19.6 Å². The quantitative estimate of drug-likeness (QED) is 0.836. The van der Waals surface area contributed by atoms with E-state index in [0.717, 1.165) is 41.9 Å². The second-order valence-corrected chi connectivity index (χ2v) is 6.22. The van der Waals surface area contributed by atoms with Crippen LogP contribution in [0.4, 0.5) is 0 Å². The zero-order valence-corrected chi connectivity index (χ0v) is 12.8. The van der Waals surface area contributed by atoms with Crippen molar-refractivity contribution in [3.05, 3.63) is 64.5 Å². The van der Waals surface area contributed by atoms with E-state index in [1.54, 1.807) is 14.2 Å². The number of fused-ring (bicyclic) bond motifs is 2. The van der Waals surface area contributed by atoms with Crippen LogP contribution < -0.4 is 4.74 Å². The summed E-state index contributed by atoms with van der Waals surface area (Å²) in [5, 5.41) is 0. The predicted octanol–water partition coefficient (Wildman–Crippen LogP) is 3.61. The molecule has 0 aromatic heterocycles. The van der Waals surface area contributed by atoms with E-state index in [4.69, 9.17) is 9.47 Å². The molecule has 0 amide bonds. The van der Waals surface area contributed by atoms with Crippen LogP contribution in [0.25, 0.3) is 0 Å². The van der Waals surface area contributed by atoms with Crippen LogP contribution in [0.3, 0.4) is 0 Å². The fourth-order valence-corrected chi connectivity index (χ4v) is 3.86. The van der Waals surface area contributed by atoms with Crippen molar-refractivity contribution in [1.82, 2.24) is 0 Å². The van der Waals surface area contributed by atoms with Gasteiger partial charge in [-0.15, -0.1) is 0 Å². The first-order valence-electron chi connectivity index (χ1n) is 7.54. The third kappa shape index (κ3) is 1.78. The summed E-state index contributed by atoms with van der Waals surface area (Å²) >= 11 is 0. The van der Waals surface area contributed by atoms with Crippen LogP contribution in [-0.2, 0) is 11.2 Å². The number of benzene rings is 1. The van der Waals surface area contributed by atoms with Gasteiger partial charge >= 0.3 is 0 Å². The number of hydrogen-bond acceptors (Lipinski definition) is 3. The van der Waals surface area contributed by atoms with E-state index in [-0.39, 0.29) is 5.78 Å². The van der Waals surface area contributed by atoms with Gasteiger partial charge in [0.1, 0.15) is 11.5 Å². The lowest BCUT2D eigenvalue weighted by Crippen LogP contribution is -2.23. The topological polar surface area (TPSA) is 35.5 Å². The van der Waals surface area contributed by atoms with Gasteiger partial charge < -0.3 is 9.47 Å². The van der Waals surface area contributed by atoms with Crippen LogP contribution in [0.15, 0.2) is 53.3 Å². The molecule has 1 aromatic rings. The summed E-state index contributed by atoms with van der Waals surface area (Å²) in [5.41, 5.74) is 4.06. The number of carbonyl (C=O) groups is 1. The fraction of sp³-hybridized carbons (Fsp3) is 0.316. The van der Waals surface area contributed by atoms with Crippen molar-refractivity contribution < 1.29 is 14.3 Å². The summed E-state index contributed by atoms with van der Waals surface area (Å²) in [7, 11) is 3.34. The van der Waals surface area contributed by atoms with E-state index in [2.05, 4.69) is 18.2 Å². The number of rotatable bonds is 2. The summed E-state index contributed by atoms with van der Waals surface area (Å²) in [6, 6.07) is 5.77. The average molecular weight is 294 g/mol. The second kappa shape index (κ2) is 4.60. The van der Waals surface area contributed by atoms with Crippen LogP contribution in [0.2, 0.25) is 0 Å². The van der Waals surface area contributed by atoms with Crippen LogP contribution in [0, 0.1) is 5.41 Å². The summed E-state index contributed by atoms with van der Waals surface area (Å²) in [4.78, 5) is 13.0. The highest BCUT2D eigenvalue weighted by molar-refractivity contribution is 6.07. The summed E-state index contributed by atoms with van der Waals surface area (Å²) in [5.74, 6) is 1.95. The Hall–Kier alpha value is -2.29. The second-order valence-electron chi connectivity index (χ2n) is 6.22. The minimum absolute atomic E-state index is 0.243. The zero-order valence-electron chi connectivity index (χ0n) is 12.8. The third-order valence-electron chi connectivity index (χ3n) is 4.96. The van der Waals surface area contributed by atoms with Crippen molar-refractivity contribution in [1.29, 1.82) is 0 Å². The monoisotopic (exact) mass is 294 g/mol. The van der Waals surface area contributed by atoms with Crippen molar-refractivity contribution in [3.8, 4) is 5.75 Å². The Bertz CT molecular complexity index is 767. The largest absolute Gasteiger partial charge is 0.497 e. The molecule has 112 valence electrons. The fourth-order valence-electron chi connectivity index (χ4n) is 3.86. The first-order chi connectivity index (χ1) is 10.6. The highest BCUT2D eigenvalue weighted by atomic mass is 16.5. The molecule has 0 aliphatic heterocycles. The molecule has 1 unspecified atom stereocenters. The zero-order chi connectivity index (χ0) is 15.3. The molecule has 3 aliphatic rings. The molecule has 1 spiro atoms. The van der Waals surface area contributed by atoms with E-state index in [1.807, 2.05) is 18.2 Å². The van der Waals surface area contributed by atoms with E-state index in [9.17, 15) is 4.79 Å². The number of ether oxygens (including phenoxy) is 2. The van der Waals surface area contributed by atoms with Gasteiger partial charge in [0, 0.05) is 5.56 Å². The molecule has 1 atom stereocenters. The van der Waals surface area contributed by atoms with Crippen molar-refractivity contribution in [2.45, 2.75) is 19.3 Å². The van der Waals surface area contributed by atoms with Gasteiger partial charge in [0.25, 0.3) is 0 Å². The van der Waals surface area contributed by atoms with Crippen molar-refractivity contribution in [2.24, 2.45) is 5.41 Å². The average Bonchev–Trinajstić information content (AvgIpc) is 3.03. The molecule has 0 bridgehead atoms. The standard InChI is InChI=1S/C19H18O3/c1-21-15-4-3-12-9-19(10-13(12)7-15)11-14-8-16(22-2)5-6-17(14)18(19)20/h4-9H,3,10-11H2,1-2H3. The van der Waals surface area contributed by atoms with Gasteiger partial charge in [0.2, 0.25) is 0 Å². The molecular weight excluding hydrogens is 276 g/mol.